The molecule has 0 bridgehead atoms. The molecular weight excluding hydrogens is 128 g/mol. The van der Waals surface area contributed by atoms with Gasteiger partial charge in [-0.1, -0.05) is 13.8 Å². The quantitative estimate of drug-likeness (QED) is 0.556. The van der Waals surface area contributed by atoms with Crippen LogP contribution in [0.25, 0.3) is 0 Å². The summed E-state index contributed by atoms with van der Waals surface area (Å²) in [5.41, 5.74) is 10.1. The molecule has 4 N–H and O–H groups in total. The van der Waals surface area contributed by atoms with Crippen LogP contribution in [0, 0.1) is 5.92 Å². The Morgan fingerprint density at radius 2 is 1.60 bits per heavy atom. The molecule has 0 aromatic heterocycles. The first-order valence-corrected chi connectivity index (χ1v) is 3.54. The van der Waals surface area contributed by atoms with Gasteiger partial charge in [0.05, 0.1) is 0 Å². The number of carbonyl (C=O) groups is 1. The van der Waals surface area contributed by atoms with E-state index in [4.69, 9.17) is 11.5 Å². The molecule has 10 heavy (non-hydrogen) atoms. The van der Waals surface area contributed by atoms with Crippen molar-refractivity contribution in [2.75, 3.05) is 13.1 Å². The van der Waals surface area contributed by atoms with E-state index in [0.29, 0.717) is 0 Å². The summed E-state index contributed by atoms with van der Waals surface area (Å²) in [6.07, 6.45) is 1.86. The summed E-state index contributed by atoms with van der Waals surface area (Å²) in [6.45, 7) is 5.15. The zero-order chi connectivity index (χ0) is 8.41. The van der Waals surface area contributed by atoms with Crippen LogP contribution in [0.5, 0.6) is 0 Å². The van der Waals surface area contributed by atoms with Crippen LogP contribution in [0.15, 0.2) is 0 Å². The Morgan fingerprint density at radius 3 is 1.60 bits per heavy atom. The van der Waals surface area contributed by atoms with Gasteiger partial charge in [0.2, 0.25) is 0 Å². The van der Waals surface area contributed by atoms with Crippen molar-refractivity contribution in [1.29, 1.82) is 0 Å². The average molecular weight is 146 g/mol. The molecule has 0 spiro atoms. The molecule has 0 amide bonds. The van der Waals surface area contributed by atoms with E-state index in [0.717, 1.165) is 25.8 Å². The van der Waals surface area contributed by atoms with Gasteiger partial charge in [0, 0.05) is 5.92 Å². The Bertz CT molecular complexity index is 62.6. The molecule has 0 aromatic rings. The summed E-state index contributed by atoms with van der Waals surface area (Å²) >= 11 is 0. The van der Waals surface area contributed by atoms with Crippen molar-refractivity contribution in [3.63, 3.8) is 0 Å². The lowest BCUT2D eigenvalue weighted by Crippen LogP contribution is -2.06. The highest BCUT2D eigenvalue weighted by Crippen LogP contribution is 1.78. The molecule has 0 fully saturated rings. The summed E-state index contributed by atoms with van der Waals surface area (Å²) in [4.78, 5) is 9.50. The highest BCUT2D eigenvalue weighted by molar-refractivity contribution is 5.51. The molecule has 0 saturated heterocycles. The van der Waals surface area contributed by atoms with Crippen molar-refractivity contribution in [3.8, 4) is 0 Å². The largest absolute Gasteiger partial charge is 0.330 e. The number of rotatable bonds is 3. The summed E-state index contributed by atoms with van der Waals surface area (Å²) in [7, 11) is 0. The molecule has 0 atom stereocenters. The van der Waals surface area contributed by atoms with Crippen LogP contribution in [0.1, 0.15) is 20.3 Å². The van der Waals surface area contributed by atoms with E-state index in [-0.39, 0.29) is 5.92 Å². The third kappa shape index (κ3) is 25.6. The lowest BCUT2D eigenvalue weighted by Gasteiger charge is -1.81. The molecule has 0 aliphatic heterocycles. The topological polar surface area (TPSA) is 69.1 Å². The number of carbonyl (C=O) groups excluding carboxylic acids is 1. The van der Waals surface area contributed by atoms with Crippen LogP contribution in [-0.4, -0.2) is 19.4 Å². The highest BCUT2D eigenvalue weighted by atomic mass is 16.1. The third-order valence-corrected chi connectivity index (χ3v) is 0.680. The van der Waals surface area contributed by atoms with Gasteiger partial charge in [-0.3, -0.25) is 0 Å². The Morgan fingerprint density at radius 1 is 1.30 bits per heavy atom. The van der Waals surface area contributed by atoms with Gasteiger partial charge < -0.3 is 16.3 Å². The van der Waals surface area contributed by atoms with Crippen molar-refractivity contribution >= 4 is 6.29 Å². The van der Waals surface area contributed by atoms with Crippen molar-refractivity contribution in [3.05, 3.63) is 0 Å². The van der Waals surface area contributed by atoms with Crippen LogP contribution < -0.4 is 11.5 Å². The van der Waals surface area contributed by atoms with E-state index in [1.165, 1.54) is 0 Å². The molecule has 62 valence electrons. The lowest BCUT2D eigenvalue weighted by molar-refractivity contribution is -0.110. The minimum atomic E-state index is 0.204. The van der Waals surface area contributed by atoms with Crippen LogP contribution in [0.2, 0.25) is 0 Å². The van der Waals surface area contributed by atoms with E-state index >= 15 is 0 Å². The Kier molecular flexibility index (Phi) is 14.0. The summed E-state index contributed by atoms with van der Waals surface area (Å²) < 4.78 is 0. The maximum Gasteiger partial charge on any atom is 0.122 e. The van der Waals surface area contributed by atoms with E-state index < -0.39 is 0 Å². The molecule has 0 aliphatic carbocycles. The van der Waals surface area contributed by atoms with Crippen LogP contribution >= 0.6 is 0 Å². The van der Waals surface area contributed by atoms with Gasteiger partial charge in [0.25, 0.3) is 0 Å². The maximum atomic E-state index is 9.50. The maximum absolute atomic E-state index is 9.50. The van der Waals surface area contributed by atoms with Gasteiger partial charge in [-0.15, -0.1) is 0 Å². The molecule has 3 heteroatoms. The minimum absolute atomic E-state index is 0.204. The predicted octanol–water partition coefficient (Wildman–Crippen LogP) is 0.135. The fraction of sp³-hybridized carbons (Fsp3) is 0.857. The monoisotopic (exact) mass is 146 g/mol. The van der Waals surface area contributed by atoms with Crippen molar-refractivity contribution < 1.29 is 4.79 Å². The standard InChI is InChI=1S/C4H8O.C3H10N2/c1-4(2)3-5;4-2-1-3-5/h3-4H,1-2H3;1-5H2. The van der Waals surface area contributed by atoms with Gasteiger partial charge >= 0.3 is 0 Å². The van der Waals surface area contributed by atoms with Gasteiger partial charge in [0.15, 0.2) is 0 Å². The van der Waals surface area contributed by atoms with Crippen molar-refractivity contribution in [2.24, 2.45) is 17.4 Å². The Hall–Kier alpha value is -0.410. The SMILES string of the molecule is CC(C)C=O.NCCCN. The normalized spacial score (nSPS) is 8.50. The molecule has 0 aliphatic rings. The number of aldehydes is 1. The Balaban J connectivity index is 0. The molecule has 0 unspecified atom stereocenters. The zero-order valence-electron chi connectivity index (χ0n) is 6.84. The second kappa shape index (κ2) is 11.4. The van der Waals surface area contributed by atoms with Gasteiger partial charge in [-0.25, -0.2) is 0 Å². The van der Waals surface area contributed by atoms with Crippen LogP contribution in [0.3, 0.4) is 0 Å². The second-order valence-electron chi connectivity index (χ2n) is 2.31. The van der Waals surface area contributed by atoms with Crippen molar-refractivity contribution in [1.82, 2.24) is 0 Å². The van der Waals surface area contributed by atoms with E-state index in [2.05, 4.69) is 0 Å². The smallest absolute Gasteiger partial charge is 0.122 e. The molecule has 0 radical (unpaired) electrons. The molecule has 0 saturated carbocycles. The zero-order valence-corrected chi connectivity index (χ0v) is 6.84. The molecular formula is C7H18N2O. The van der Waals surface area contributed by atoms with Gasteiger partial charge in [0.1, 0.15) is 6.29 Å². The van der Waals surface area contributed by atoms with E-state index in [1.807, 2.05) is 13.8 Å². The predicted molar refractivity (Wildman–Crippen MR) is 43.6 cm³/mol. The molecule has 0 aromatic carbocycles. The first-order chi connectivity index (χ1) is 4.68. The molecule has 0 heterocycles. The minimum Gasteiger partial charge on any atom is -0.330 e. The van der Waals surface area contributed by atoms with Gasteiger partial charge in [-0.2, -0.15) is 0 Å². The Labute approximate surface area is 62.8 Å². The second-order valence-corrected chi connectivity index (χ2v) is 2.31. The van der Waals surface area contributed by atoms with Gasteiger partial charge in [-0.05, 0) is 19.5 Å². The summed E-state index contributed by atoms with van der Waals surface area (Å²) in [5, 5.41) is 0. The first kappa shape index (κ1) is 12.3. The lowest BCUT2D eigenvalue weighted by atomic mass is 10.3. The fourth-order valence-electron chi connectivity index (χ4n) is 0.118. The first-order valence-electron chi connectivity index (χ1n) is 3.54. The average Bonchev–Trinajstić information content (AvgIpc) is 1.91. The van der Waals surface area contributed by atoms with Crippen LogP contribution in [-0.2, 0) is 4.79 Å². The number of hydrogen-bond acceptors (Lipinski definition) is 3. The summed E-state index contributed by atoms with van der Waals surface area (Å²) in [6, 6.07) is 0. The number of nitrogens with two attached hydrogens (primary N) is 2. The molecule has 0 rings (SSSR count). The number of hydrogen-bond donors (Lipinski definition) is 2. The summed E-state index contributed by atoms with van der Waals surface area (Å²) in [5.74, 6) is 0.204. The van der Waals surface area contributed by atoms with Crippen LogP contribution in [0.4, 0.5) is 0 Å². The highest BCUT2D eigenvalue weighted by Gasteiger charge is 1.79. The molecule has 3 nitrogen and oxygen atoms in total. The van der Waals surface area contributed by atoms with E-state index in [9.17, 15) is 4.79 Å². The fourth-order valence-corrected chi connectivity index (χ4v) is 0.118. The van der Waals surface area contributed by atoms with Crippen molar-refractivity contribution in [2.45, 2.75) is 20.3 Å². The van der Waals surface area contributed by atoms with E-state index in [1.54, 1.807) is 0 Å². The third-order valence-electron chi connectivity index (χ3n) is 0.680.